The summed E-state index contributed by atoms with van der Waals surface area (Å²) in [7, 11) is 1.31. The number of nitrogens with zero attached hydrogens (tertiary/aromatic N) is 1. The Kier molecular flexibility index (Phi) is 5.69. The zero-order valence-electron chi connectivity index (χ0n) is 19.7. The first kappa shape index (κ1) is 24.2. The molecule has 4 rings (SSSR count). The average molecular weight is 462 g/mol. The fourth-order valence-corrected chi connectivity index (χ4v) is 8.65. The summed E-state index contributed by atoms with van der Waals surface area (Å²) in [6.45, 7) is 3.91. The lowest BCUT2D eigenvalue weighted by molar-refractivity contribution is -0.228. The second kappa shape index (κ2) is 7.78. The molecular weight excluding hydrogens is 426 g/mol. The third kappa shape index (κ3) is 3.19. The standard InChI is InChI=1S/C25H35NO7/c1-22-7-4-14(27)10-24(22,13-26)11-15(21(31)33-3)19-16-5-8-25(32,9-6-18(29)30)23(16,2)12-17(28)20(19)22/h15-17,19-20,28,32H,4-12H2,1-3H3,(H,29,30)/t15-,16+,17-,19+,20+,22-,23+,24+,25-/m1/s1. The highest BCUT2D eigenvalue weighted by Crippen LogP contribution is 2.72. The smallest absolute Gasteiger partial charge is 0.309 e. The summed E-state index contributed by atoms with van der Waals surface area (Å²) in [6, 6.07) is 2.42. The number of aliphatic hydroxyl groups excluding tert-OH is 1. The van der Waals surface area contributed by atoms with Gasteiger partial charge in [0.05, 0.1) is 36.2 Å². The SMILES string of the molecule is COC(=O)[C@@H]1C[C@]2(C#N)CC(=O)CC[C@]2(C)[C@@H]2[C@@H]1[C@@H]1CC[C@@](O)(CCC(=O)O)[C@@]1(C)C[C@H]2O. The van der Waals surface area contributed by atoms with Gasteiger partial charge in [0.1, 0.15) is 5.78 Å². The molecule has 0 spiro atoms. The molecule has 182 valence electrons. The van der Waals surface area contributed by atoms with Gasteiger partial charge in [0.25, 0.3) is 0 Å². The van der Waals surface area contributed by atoms with Crippen LogP contribution in [0.25, 0.3) is 0 Å². The van der Waals surface area contributed by atoms with Gasteiger partial charge < -0.3 is 20.1 Å². The molecule has 9 atom stereocenters. The molecule has 0 amide bonds. The van der Waals surface area contributed by atoms with Crippen molar-refractivity contribution in [3.63, 3.8) is 0 Å². The van der Waals surface area contributed by atoms with E-state index < -0.39 is 45.8 Å². The summed E-state index contributed by atoms with van der Waals surface area (Å²) in [5.74, 6) is -2.91. The molecule has 4 saturated carbocycles. The normalized spacial score (nSPS) is 48.7. The van der Waals surface area contributed by atoms with E-state index in [2.05, 4.69) is 6.07 Å². The van der Waals surface area contributed by atoms with Crippen LogP contribution >= 0.6 is 0 Å². The number of carboxylic acids is 1. The van der Waals surface area contributed by atoms with Gasteiger partial charge in [0.2, 0.25) is 0 Å². The maximum absolute atomic E-state index is 13.1. The molecule has 0 bridgehead atoms. The van der Waals surface area contributed by atoms with Gasteiger partial charge in [-0.15, -0.1) is 0 Å². The molecule has 4 aliphatic rings. The fourth-order valence-electron chi connectivity index (χ4n) is 8.65. The van der Waals surface area contributed by atoms with Crippen LogP contribution < -0.4 is 0 Å². The Morgan fingerprint density at radius 1 is 1.21 bits per heavy atom. The van der Waals surface area contributed by atoms with Crippen molar-refractivity contribution in [1.29, 1.82) is 5.26 Å². The largest absolute Gasteiger partial charge is 0.481 e. The molecule has 0 saturated heterocycles. The summed E-state index contributed by atoms with van der Waals surface area (Å²) in [6.07, 6.45) is 1.45. The van der Waals surface area contributed by atoms with Crippen molar-refractivity contribution in [3.05, 3.63) is 0 Å². The second-order valence-corrected chi connectivity index (χ2v) is 11.5. The van der Waals surface area contributed by atoms with Crippen molar-refractivity contribution in [2.45, 2.75) is 83.3 Å². The van der Waals surface area contributed by atoms with Gasteiger partial charge in [0.15, 0.2) is 0 Å². The van der Waals surface area contributed by atoms with Crippen LogP contribution in [0, 0.1) is 51.2 Å². The first-order valence-electron chi connectivity index (χ1n) is 12.0. The van der Waals surface area contributed by atoms with Crippen LogP contribution in [0.3, 0.4) is 0 Å². The number of hydrogen-bond donors (Lipinski definition) is 3. The first-order chi connectivity index (χ1) is 15.4. The second-order valence-electron chi connectivity index (χ2n) is 11.5. The average Bonchev–Trinajstić information content (AvgIpc) is 3.02. The number of aliphatic carboxylic acids is 1. The Morgan fingerprint density at radius 3 is 2.52 bits per heavy atom. The first-order valence-corrected chi connectivity index (χ1v) is 12.0. The molecular formula is C25H35NO7. The fraction of sp³-hybridized carbons (Fsp3) is 0.840. The minimum Gasteiger partial charge on any atom is -0.481 e. The molecule has 4 fully saturated rings. The van der Waals surface area contributed by atoms with E-state index >= 15 is 0 Å². The third-order valence-electron chi connectivity index (χ3n) is 10.4. The number of carbonyl (C=O) groups is 3. The van der Waals surface area contributed by atoms with Crippen molar-refractivity contribution < 1.29 is 34.4 Å². The minimum atomic E-state index is -1.25. The Morgan fingerprint density at radius 2 is 1.91 bits per heavy atom. The molecule has 4 aliphatic carbocycles. The highest BCUT2D eigenvalue weighted by atomic mass is 16.5. The van der Waals surface area contributed by atoms with Crippen LogP contribution in [0.1, 0.15) is 71.6 Å². The molecule has 0 heterocycles. The van der Waals surface area contributed by atoms with Gasteiger partial charge in [-0.05, 0) is 61.7 Å². The lowest BCUT2D eigenvalue weighted by Gasteiger charge is -2.66. The summed E-state index contributed by atoms with van der Waals surface area (Å²) >= 11 is 0. The van der Waals surface area contributed by atoms with E-state index in [1.807, 2.05) is 13.8 Å². The van der Waals surface area contributed by atoms with E-state index in [0.717, 1.165) is 0 Å². The van der Waals surface area contributed by atoms with Crippen LogP contribution in [0.15, 0.2) is 0 Å². The van der Waals surface area contributed by atoms with Gasteiger partial charge in [0, 0.05) is 24.7 Å². The number of ketones is 1. The number of rotatable bonds is 4. The van der Waals surface area contributed by atoms with Crippen LogP contribution in [0.4, 0.5) is 0 Å². The number of nitriles is 1. The summed E-state index contributed by atoms with van der Waals surface area (Å²) in [5.41, 5.74) is -3.71. The molecule has 0 aromatic carbocycles. The van der Waals surface area contributed by atoms with E-state index in [1.165, 1.54) is 7.11 Å². The van der Waals surface area contributed by atoms with Crippen molar-refractivity contribution in [1.82, 2.24) is 0 Å². The molecule has 0 aliphatic heterocycles. The van der Waals surface area contributed by atoms with Gasteiger partial charge in [-0.25, -0.2) is 0 Å². The molecule has 0 unspecified atom stereocenters. The number of carboxylic acid groups (broad SMARTS) is 1. The van der Waals surface area contributed by atoms with Crippen molar-refractivity contribution in [2.24, 2.45) is 39.9 Å². The summed E-state index contributed by atoms with van der Waals surface area (Å²) in [4.78, 5) is 36.8. The number of Topliss-reactive ketones (excluding diaryl/α,β-unsaturated/α-hetero) is 1. The number of hydrogen-bond acceptors (Lipinski definition) is 7. The van der Waals surface area contributed by atoms with Crippen LogP contribution in [-0.4, -0.2) is 51.9 Å². The maximum atomic E-state index is 13.1. The molecule has 0 aromatic heterocycles. The number of ether oxygens (including phenoxy) is 1. The number of aliphatic hydroxyl groups is 2. The van der Waals surface area contributed by atoms with Gasteiger partial charge in [-0.3, -0.25) is 14.4 Å². The van der Waals surface area contributed by atoms with Crippen LogP contribution in [-0.2, 0) is 19.1 Å². The zero-order chi connectivity index (χ0) is 24.4. The lowest BCUT2D eigenvalue weighted by atomic mass is 9.37. The Bertz CT molecular complexity index is 913. The topological polar surface area (TPSA) is 145 Å². The Balaban J connectivity index is 1.82. The summed E-state index contributed by atoms with van der Waals surface area (Å²) in [5, 5.41) is 42.8. The number of methoxy groups -OCH3 is 1. The van der Waals surface area contributed by atoms with Crippen LogP contribution in [0.2, 0.25) is 0 Å². The predicted octanol–water partition coefficient (Wildman–Crippen LogP) is 2.46. The maximum Gasteiger partial charge on any atom is 0.309 e. The zero-order valence-corrected chi connectivity index (χ0v) is 19.7. The lowest BCUT2D eigenvalue weighted by Crippen LogP contribution is -2.67. The van der Waals surface area contributed by atoms with E-state index in [-0.39, 0.29) is 55.6 Å². The van der Waals surface area contributed by atoms with E-state index in [4.69, 9.17) is 4.74 Å². The molecule has 0 aromatic rings. The number of carbonyl (C=O) groups excluding carboxylic acids is 2. The molecule has 8 nitrogen and oxygen atoms in total. The molecule has 3 N–H and O–H groups in total. The molecule has 33 heavy (non-hydrogen) atoms. The van der Waals surface area contributed by atoms with Gasteiger partial charge in [-0.2, -0.15) is 5.26 Å². The highest BCUT2D eigenvalue weighted by Gasteiger charge is 2.72. The molecule has 0 radical (unpaired) electrons. The quantitative estimate of drug-likeness (QED) is 0.541. The minimum absolute atomic E-state index is 0.00939. The molecule has 8 heteroatoms. The summed E-state index contributed by atoms with van der Waals surface area (Å²) < 4.78 is 5.16. The Labute approximate surface area is 194 Å². The highest BCUT2D eigenvalue weighted by molar-refractivity contribution is 5.81. The Hall–Kier alpha value is -1.98. The monoisotopic (exact) mass is 461 g/mol. The van der Waals surface area contributed by atoms with Crippen LogP contribution in [0.5, 0.6) is 0 Å². The van der Waals surface area contributed by atoms with Gasteiger partial charge >= 0.3 is 11.9 Å². The van der Waals surface area contributed by atoms with Gasteiger partial charge in [-0.1, -0.05) is 13.8 Å². The predicted molar refractivity (Wildman–Crippen MR) is 115 cm³/mol. The van der Waals surface area contributed by atoms with Crippen molar-refractivity contribution in [3.8, 4) is 6.07 Å². The third-order valence-corrected chi connectivity index (χ3v) is 10.4. The van der Waals surface area contributed by atoms with E-state index in [0.29, 0.717) is 25.7 Å². The number of fused-ring (bicyclic) bond motifs is 5. The van der Waals surface area contributed by atoms with E-state index in [1.54, 1.807) is 0 Å². The van der Waals surface area contributed by atoms with Crippen molar-refractivity contribution >= 4 is 17.7 Å². The van der Waals surface area contributed by atoms with E-state index in [9.17, 15) is 35.0 Å². The number of esters is 1. The van der Waals surface area contributed by atoms with Crippen molar-refractivity contribution in [2.75, 3.05) is 7.11 Å².